The Morgan fingerprint density at radius 2 is 2.00 bits per heavy atom. The first-order chi connectivity index (χ1) is 15.5. The lowest BCUT2D eigenvalue weighted by Gasteiger charge is -2.35. The number of rotatable bonds is 9. The number of aliphatic imine (C=N–C) groups is 1. The van der Waals surface area contributed by atoms with Crippen LogP contribution in [0.2, 0.25) is 0 Å². The highest BCUT2D eigenvalue weighted by molar-refractivity contribution is 14.0. The van der Waals surface area contributed by atoms with E-state index in [4.69, 9.17) is 4.74 Å². The Kier molecular flexibility index (Phi) is 11.2. The number of anilines is 1. The van der Waals surface area contributed by atoms with Crippen molar-refractivity contribution >= 4 is 41.3 Å². The average Bonchev–Trinajstić information content (AvgIpc) is 2.82. The molecule has 0 saturated carbocycles. The smallest absolute Gasteiger partial charge is 0.269 e. The number of nitro benzene ring substituents is 1. The third-order valence-corrected chi connectivity index (χ3v) is 5.18. The molecule has 2 aromatic rings. The van der Waals surface area contributed by atoms with E-state index in [0.717, 1.165) is 32.5 Å². The van der Waals surface area contributed by atoms with E-state index in [1.54, 1.807) is 0 Å². The van der Waals surface area contributed by atoms with Crippen LogP contribution in [0.1, 0.15) is 19.8 Å². The van der Waals surface area contributed by atoms with Gasteiger partial charge >= 0.3 is 0 Å². The second kappa shape index (κ2) is 13.8. The van der Waals surface area contributed by atoms with Gasteiger partial charge in [0.05, 0.1) is 11.5 Å². The van der Waals surface area contributed by atoms with E-state index in [9.17, 15) is 15.2 Å². The number of halogens is 1. The molecule has 0 radical (unpaired) electrons. The van der Waals surface area contributed by atoms with Gasteiger partial charge in [-0.1, -0.05) is 18.2 Å². The summed E-state index contributed by atoms with van der Waals surface area (Å²) < 4.78 is 5.52. The Morgan fingerprint density at radius 3 is 2.67 bits per heavy atom. The molecular formula is C23H32IN5O4. The van der Waals surface area contributed by atoms with Gasteiger partial charge in [-0.05, 0) is 44.0 Å². The summed E-state index contributed by atoms with van der Waals surface area (Å²) in [5.41, 5.74) is 1.22. The van der Waals surface area contributed by atoms with Crippen molar-refractivity contribution in [2.75, 3.05) is 37.7 Å². The molecule has 2 aromatic carbocycles. The number of nitro groups is 1. The van der Waals surface area contributed by atoms with E-state index >= 15 is 0 Å². The average molecular weight is 569 g/mol. The van der Waals surface area contributed by atoms with Crippen LogP contribution in [0.5, 0.6) is 5.75 Å². The zero-order valence-electron chi connectivity index (χ0n) is 18.7. The Balaban J connectivity index is 0.00000385. The molecule has 10 heteroatoms. The molecule has 1 fully saturated rings. The van der Waals surface area contributed by atoms with Crippen LogP contribution < -0.4 is 20.3 Å². The highest BCUT2D eigenvalue weighted by Crippen LogP contribution is 2.19. The lowest BCUT2D eigenvalue weighted by Crippen LogP contribution is -2.51. The van der Waals surface area contributed by atoms with Gasteiger partial charge in [0.2, 0.25) is 0 Å². The summed E-state index contributed by atoms with van der Waals surface area (Å²) in [6.07, 6.45) is 1.35. The van der Waals surface area contributed by atoms with Crippen molar-refractivity contribution in [3.63, 3.8) is 0 Å². The minimum absolute atomic E-state index is 0. The van der Waals surface area contributed by atoms with Crippen LogP contribution in [-0.2, 0) is 0 Å². The van der Waals surface area contributed by atoms with E-state index in [-0.39, 0.29) is 48.9 Å². The monoisotopic (exact) mass is 569 g/mol. The van der Waals surface area contributed by atoms with Crippen LogP contribution in [0.3, 0.4) is 0 Å². The van der Waals surface area contributed by atoms with Gasteiger partial charge in [0, 0.05) is 43.5 Å². The summed E-state index contributed by atoms with van der Waals surface area (Å²) in [7, 11) is 0. The molecule has 0 aromatic heterocycles. The van der Waals surface area contributed by atoms with Gasteiger partial charge in [-0.2, -0.15) is 0 Å². The summed E-state index contributed by atoms with van der Waals surface area (Å²) >= 11 is 0. The summed E-state index contributed by atoms with van der Waals surface area (Å²) in [6, 6.07) is 16.4. The SMILES string of the molecule is CCNC(=NCC(O)COc1ccc([N+](=O)[O-])cc1)NC1CCCN(c2ccccc2)C1.I. The molecule has 1 aliphatic rings. The predicted octanol–water partition coefficient (Wildman–Crippen LogP) is 3.18. The fourth-order valence-electron chi connectivity index (χ4n) is 3.59. The summed E-state index contributed by atoms with van der Waals surface area (Å²) in [6.45, 7) is 4.87. The van der Waals surface area contributed by atoms with Crippen molar-refractivity contribution in [2.45, 2.75) is 31.9 Å². The molecule has 1 aliphatic heterocycles. The number of non-ortho nitro benzene ring substituents is 1. The van der Waals surface area contributed by atoms with Crippen LogP contribution >= 0.6 is 24.0 Å². The number of nitrogens with zero attached hydrogens (tertiary/aromatic N) is 3. The molecule has 3 N–H and O–H groups in total. The number of hydrogen-bond donors (Lipinski definition) is 3. The number of aliphatic hydroxyl groups excluding tert-OH is 1. The highest BCUT2D eigenvalue weighted by Gasteiger charge is 2.21. The molecular weight excluding hydrogens is 537 g/mol. The van der Waals surface area contributed by atoms with E-state index in [0.29, 0.717) is 11.7 Å². The molecule has 3 rings (SSSR count). The minimum atomic E-state index is -0.798. The van der Waals surface area contributed by atoms with Crippen LogP contribution in [0.4, 0.5) is 11.4 Å². The largest absolute Gasteiger partial charge is 0.491 e. The standard InChI is InChI=1S/C23H31N5O4.HI/c1-2-24-23(26-18-7-6-14-27(16-18)19-8-4-3-5-9-19)25-15-21(29)17-32-22-12-10-20(11-13-22)28(30)31;/h3-5,8-13,18,21,29H,2,6-7,14-17H2,1H3,(H2,24,25,26);1H. The molecule has 2 atom stereocenters. The Bertz CT molecular complexity index is 882. The lowest BCUT2D eigenvalue weighted by molar-refractivity contribution is -0.384. The van der Waals surface area contributed by atoms with Crippen LogP contribution in [0, 0.1) is 10.1 Å². The first kappa shape index (κ1) is 26.7. The van der Waals surface area contributed by atoms with Gasteiger partial charge < -0.3 is 25.4 Å². The quantitative estimate of drug-likeness (QED) is 0.140. The molecule has 0 spiro atoms. The molecule has 0 aliphatic carbocycles. The van der Waals surface area contributed by atoms with Crippen molar-refractivity contribution < 1.29 is 14.8 Å². The second-order valence-electron chi connectivity index (χ2n) is 7.70. The van der Waals surface area contributed by atoms with Crippen LogP contribution in [0.15, 0.2) is 59.6 Å². The molecule has 2 unspecified atom stereocenters. The van der Waals surface area contributed by atoms with Gasteiger partial charge in [-0.25, -0.2) is 0 Å². The maximum atomic E-state index is 10.7. The number of para-hydroxylation sites is 1. The second-order valence-corrected chi connectivity index (χ2v) is 7.70. The molecule has 180 valence electrons. The number of ether oxygens (including phenoxy) is 1. The molecule has 0 bridgehead atoms. The van der Waals surface area contributed by atoms with Crippen molar-refractivity contribution in [3.05, 3.63) is 64.7 Å². The topological polar surface area (TPSA) is 112 Å². The van der Waals surface area contributed by atoms with Crippen LogP contribution in [-0.4, -0.2) is 60.9 Å². The minimum Gasteiger partial charge on any atom is -0.491 e. The molecule has 1 heterocycles. The first-order valence-corrected chi connectivity index (χ1v) is 11.0. The van der Waals surface area contributed by atoms with E-state index in [2.05, 4.69) is 44.8 Å². The van der Waals surface area contributed by atoms with E-state index in [1.807, 2.05) is 13.0 Å². The highest BCUT2D eigenvalue weighted by atomic mass is 127. The molecule has 33 heavy (non-hydrogen) atoms. The third-order valence-electron chi connectivity index (χ3n) is 5.18. The number of nitrogens with one attached hydrogen (secondary N) is 2. The Hall–Kier alpha value is -2.60. The van der Waals surface area contributed by atoms with Gasteiger partial charge in [0.25, 0.3) is 5.69 Å². The zero-order valence-corrected chi connectivity index (χ0v) is 21.1. The third kappa shape index (κ3) is 8.69. The lowest BCUT2D eigenvalue weighted by atomic mass is 10.1. The normalized spacial score (nSPS) is 17.0. The maximum absolute atomic E-state index is 10.7. The predicted molar refractivity (Wildman–Crippen MR) is 141 cm³/mol. The van der Waals surface area contributed by atoms with Gasteiger partial charge in [-0.3, -0.25) is 15.1 Å². The van der Waals surface area contributed by atoms with Crippen molar-refractivity contribution in [3.8, 4) is 5.75 Å². The van der Waals surface area contributed by atoms with Crippen molar-refractivity contribution in [1.82, 2.24) is 10.6 Å². The van der Waals surface area contributed by atoms with Gasteiger partial charge in [0.15, 0.2) is 5.96 Å². The number of aliphatic hydroxyl groups is 1. The Morgan fingerprint density at radius 1 is 1.27 bits per heavy atom. The summed E-state index contributed by atoms with van der Waals surface area (Å²) in [5, 5.41) is 27.7. The van der Waals surface area contributed by atoms with Crippen LogP contribution in [0.25, 0.3) is 0 Å². The Labute approximate surface area is 211 Å². The molecule has 0 amide bonds. The first-order valence-electron chi connectivity index (χ1n) is 11.0. The number of hydrogen-bond acceptors (Lipinski definition) is 6. The number of piperidine rings is 1. The summed E-state index contributed by atoms with van der Waals surface area (Å²) in [4.78, 5) is 17.1. The maximum Gasteiger partial charge on any atom is 0.269 e. The fourth-order valence-corrected chi connectivity index (χ4v) is 3.59. The number of guanidine groups is 1. The van der Waals surface area contributed by atoms with Gasteiger partial charge in [0.1, 0.15) is 18.5 Å². The molecule has 1 saturated heterocycles. The summed E-state index contributed by atoms with van der Waals surface area (Å²) in [5.74, 6) is 1.13. The van der Waals surface area contributed by atoms with E-state index in [1.165, 1.54) is 30.0 Å². The number of benzene rings is 2. The zero-order chi connectivity index (χ0) is 22.8. The van der Waals surface area contributed by atoms with Crippen molar-refractivity contribution in [2.24, 2.45) is 4.99 Å². The fraction of sp³-hybridized carbons (Fsp3) is 0.435. The molecule has 9 nitrogen and oxygen atoms in total. The van der Waals surface area contributed by atoms with Crippen molar-refractivity contribution in [1.29, 1.82) is 0 Å². The van der Waals surface area contributed by atoms with Gasteiger partial charge in [-0.15, -0.1) is 24.0 Å². The van der Waals surface area contributed by atoms with E-state index < -0.39 is 11.0 Å².